The van der Waals surface area contributed by atoms with Crippen LogP contribution in [0.5, 0.6) is 0 Å². The maximum atomic E-state index is 10.9. The van der Waals surface area contributed by atoms with Gasteiger partial charge in [-0.25, -0.2) is 4.98 Å². The number of aliphatic hydroxyl groups excluding tert-OH is 4. The standard InChI is InChI=1S/C9H14N2O5/c1-4(13)9-10-2-5(11-9)7(15)8(16)6(14)3-12/h2,6-8,12,14-16H,3H2,1H3,(H,10,11)/t6?,7-,8-/m1/s1. The molecule has 5 N–H and O–H groups in total. The number of carbonyl (C=O) groups excluding carboxylic acids is 1. The Bertz CT molecular complexity index is 365. The van der Waals surface area contributed by atoms with Crippen LogP contribution < -0.4 is 0 Å². The number of aliphatic hydroxyl groups is 4. The van der Waals surface area contributed by atoms with Gasteiger partial charge in [0, 0.05) is 6.92 Å². The summed E-state index contributed by atoms with van der Waals surface area (Å²) in [5.41, 5.74) is 0.102. The molecule has 16 heavy (non-hydrogen) atoms. The molecule has 0 amide bonds. The summed E-state index contributed by atoms with van der Waals surface area (Å²) in [6.07, 6.45) is -3.26. The number of Topliss-reactive ketones (excluding diaryl/α,β-unsaturated/α-hetero) is 1. The molecule has 7 nitrogen and oxygen atoms in total. The van der Waals surface area contributed by atoms with E-state index in [0.717, 1.165) is 0 Å². The molecule has 0 fully saturated rings. The van der Waals surface area contributed by atoms with Crippen molar-refractivity contribution >= 4 is 5.78 Å². The molecule has 0 aromatic carbocycles. The van der Waals surface area contributed by atoms with Gasteiger partial charge in [-0.2, -0.15) is 0 Å². The van der Waals surface area contributed by atoms with E-state index < -0.39 is 24.9 Å². The average molecular weight is 230 g/mol. The fraction of sp³-hybridized carbons (Fsp3) is 0.556. The van der Waals surface area contributed by atoms with Gasteiger partial charge in [0.15, 0.2) is 11.6 Å². The number of nitrogens with one attached hydrogen (secondary N) is 1. The zero-order chi connectivity index (χ0) is 12.3. The first-order valence-electron chi connectivity index (χ1n) is 4.68. The molecule has 0 saturated heterocycles. The smallest absolute Gasteiger partial charge is 0.194 e. The summed E-state index contributed by atoms with van der Waals surface area (Å²) < 4.78 is 0. The Kier molecular flexibility index (Phi) is 4.13. The Morgan fingerprint density at radius 3 is 2.56 bits per heavy atom. The molecule has 1 heterocycles. The minimum atomic E-state index is -1.55. The summed E-state index contributed by atoms with van der Waals surface area (Å²) in [6.45, 7) is 0.625. The lowest BCUT2D eigenvalue weighted by Crippen LogP contribution is -2.34. The third-order valence-corrected chi connectivity index (χ3v) is 2.15. The van der Waals surface area contributed by atoms with Crippen LogP contribution in [0.3, 0.4) is 0 Å². The van der Waals surface area contributed by atoms with Crippen LogP contribution >= 0.6 is 0 Å². The molecular weight excluding hydrogens is 216 g/mol. The van der Waals surface area contributed by atoms with Crippen LogP contribution in [0.15, 0.2) is 6.20 Å². The lowest BCUT2D eigenvalue weighted by atomic mass is 10.1. The van der Waals surface area contributed by atoms with E-state index >= 15 is 0 Å². The van der Waals surface area contributed by atoms with Crippen LogP contribution in [-0.4, -0.2) is 55.0 Å². The zero-order valence-electron chi connectivity index (χ0n) is 8.66. The van der Waals surface area contributed by atoms with Gasteiger partial charge in [-0.15, -0.1) is 0 Å². The topological polar surface area (TPSA) is 127 Å². The summed E-state index contributed by atoms with van der Waals surface area (Å²) in [5.74, 6) is -0.254. The molecule has 0 aliphatic rings. The minimum Gasteiger partial charge on any atom is -0.394 e. The molecule has 0 radical (unpaired) electrons. The number of rotatable bonds is 5. The lowest BCUT2D eigenvalue weighted by Gasteiger charge is -2.20. The molecule has 0 bridgehead atoms. The third-order valence-electron chi connectivity index (χ3n) is 2.15. The Morgan fingerprint density at radius 1 is 1.50 bits per heavy atom. The molecule has 0 saturated carbocycles. The highest BCUT2D eigenvalue weighted by atomic mass is 16.4. The van der Waals surface area contributed by atoms with E-state index in [1.165, 1.54) is 13.1 Å². The highest BCUT2D eigenvalue weighted by Crippen LogP contribution is 2.17. The summed E-state index contributed by atoms with van der Waals surface area (Å²) in [4.78, 5) is 17.1. The highest BCUT2D eigenvalue weighted by Gasteiger charge is 2.27. The quantitative estimate of drug-likeness (QED) is 0.386. The van der Waals surface area contributed by atoms with Gasteiger partial charge in [0.25, 0.3) is 0 Å². The molecule has 90 valence electrons. The van der Waals surface area contributed by atoms with E-state index in [4.69, 9.17) is 10.2 Å². The van der Waals surface area contributed by atoms with Gasteiger partial charge in [-0.1, -0.05) is 0 Å². The van der Waals surface area contributed by atoms with E-state index in [-0.39, 0.29) is 17.3 Å². The van der Waals surface area contributed by atoms with Crippen molar-refractivity contribution in [1.29, 1.82) is 0 Å². The van der Waals surface area contributed by atoms with E-state index in [9.17, 15) is 15.0 Å². The van der Waals surface area contributed by atoms with Crippen molar-refractivity contribution in [2.75, 3.05) is 6.61 Å². The number of hydrogen-bond donors (Lipinski definition) is 5. The molecule has 1 aromatic rings. The second kappa shape index (κ2) is 5.17. The number of imidazole rings is 1. The Balaban J connectivity index is 2.79. The van der Waals surface area contributed by atoms with Gasteiger partial charge < -0.3 is 25.4 Å². The van der Waals surface area contributed by atoms with Crippen LogP contribution in [0, 0.1) is 0 Å². The fourth-order valence-electron chi connectivity index (χ4n) is 1.17. The average Bonchev–Trinajstić information content (AvgIpc) is 2.75. The van der Waals surface area contributed by atoms with Crippen LogP contribution in [0.1, 0.15) is 29.3 Å². The summed E-state index contributed by atoms with van der Waals surface area (Å²) in [5, 5.41) is 36.7. The van der Waals surface area contributed by atoms with Crippen LogP contribution in [0.25, 0.3) is 0 Å². The highest BCUT2D eigenvalue weighted by molar-refractivity contribution is 5.90. The molecule has 1 aromatic heterocycles. The molecule has 0 aliphatic heterocycles. The van der Waals surface area contributed by atoms with E-state index in [2.05, 4.69) is 9.97 Å². The number of aromatic nitrogens is 2. The molecule has 0 spiro atoms. The van der Waals surface area contributed by atoms with Crippen molar-refractivity contribution < 1.29 is 25.2 Å². The molecule has 0 aliphatic carbocycles. The monoisotopic (exact) mass is 230 g/mol. The van der Waals surface area contributed by atoms with Gasteiger partial charge in [-0.3, -0.25) is 4.79 Å². The van der Waals surface area contributed by atoms with Gasteiger partial charge in [-0.05, 0) is 0 Å². The molecule has 1 unspecified atom stereocenters. The largest absolute Gasteiger partial charge is 0.394 e. The van der Waals surface area contributed by atoms with Gasteiger partial charge >= 0.3 is 0 Å². The van der Waals surface area contributed by atoms with E-state index in [0.29, 0.717) is 0 Å². The van der Waals surface area contributed by atoms with Crippen molar-refractivity contribution in [2.45, 2.75) is 25.2 Å². The summed E-state index contributed by atoms with van der Waals surface area (Å²) in [7, 11) is 0. The van der Waals surface area contributed by atoms with Crippen molar-refractivity contribution in [3.63, 3.8) is 0 Å². The second-order valence-corrected chi connectivity index (χ2v) is 3.43. The number of nitrogens with zero attached hydrogens (tertiary/aromatic N) is 1. The first-order valence-corrected chi connectivity index (χ1v) is 4.68. The summed E-state index contributed by atoms with van der Waals surface area (Å²) >= 11 is 0. The fourth-order valence-corrected chi connectivity index (χ4v) is 1.17. The normalized spacial score (nSPS) is 16.8. The first-order chi connectivity index (χ1) is 7.47. The Morgan fingerprint density at radius 2 is 2.12 bits per heavy atom. The predicted molar refractivity (Wildman–Crippen MR) is 52.7 cm³/mol. The molecule has 1 rings (SSSR count). The van der Waals surface area contributed by atoms with Gasteiger partial charge in [0.1, 0.15) is 18.3 Å². The van der Waals surface area contributed by atoms with Crippen LogP contribution in [0.4, 0.5) is 0 Å². The minimum absolute atomic E-state index is 0.0553. The Labute approximate surface area is 91.4 Å². The maximum absolute atomic E-state index is 10.9. The molecule has 7 heteroatoms. The predicted octanol–water partition coefficient (Wildman–Crippen LogP) is -1.64. The Hall–Kier alpha value is -1.28. The van der Waals surface area contributed by atoms with E-state index in [1.807, 2.05) is 0 Å². The number of carbonyl (C=O) groups is 1. The maximum Gasteiger partial charge on any atom is 0.194 e. The van der Waals surface area contributed by atoms with Crippen LogP contribution in [0.2, 0.25) is 0 Å². The zero-order valence-corrected chi connectivity index (χ0v) is 8.66. The van der Waals surface area contributed by atoms with Crippen molar-refractivity contribution in [1.82, 2.24) is 9.97 Å². The number of ketones is 1. The van der Waals surface area contributed by atoms with Crippen molar-refractivity contribution in [2.24, 2.45) is 0 Å². The third kappa shape index (κ3) is 2.64. The van der Waals surface area contributed by atoms with Crippen molar-refractivity contribution in [3.05, 3.63) is 17.7 Å². The number of aromatic amines is 1. The number of H-pyrrole nitrogens is 1. The summed E-state index contributed by atoms with van der Waals surface area (Å²) in [6, 6.07) is 0. The van der Waals surface area contributed by atoms with Crippen LogP contribution in [-0.2, 0) is 0 Å². The second-order valence-electron chi connectivity index (χ2n) is 3.43. The SMILES string of the molecule is CC(=O)c1ncc([C@@H](O)[C@H](O)C(O)CO)[nH]1. The molecule has 3 atom stereocenters. The van der Waals surface area contributed by atoms with Gasteiger partial charge in [0.05, 0.1) is 18.5 Å². The first kappa shape index (κ1) is 12.8. The number of hydrogen-bond acceptors (Lipinski definition) is 6. The van der Waals surface area contributed by atoms with Crippen molar-refractivity contribution in [3.8, 4) is 0 Å². The van der Waals surface area contributed by atoms with Gasteiger partial charge in [0.2, 0.25) is 0 Å². The van der Waals surface area contributed by atoms with E-state index in [1.54, 1.807) is 0 Å². The lowest BCUT2D eigenvalue weighted by molar-refractivity contribution is -0.0788. The molecular formula is C9H14N2O5.